The summed E-state index contributed by atoms with van der Waals surface area (Å²) in [5, 5.41) is 0. The molecule has 0 aromatic heterocycles. The Labute approximate surface area is 95.2 Å². The number of rotatable bonds is 4. The Bertz CT molecular complexity index is 443. The highest BCUT2D eigenvalue weighted by Gasteiger charge is 2.46. The molecule has 0 saturated heterocycles. The highest BCUT2D eigenvalue weighted by atomic mass is 16.5. The lowest BCUT2D eigenvalue weighted by Crippen LogP contribution is -2.07. The fourth-order valence-corrected chi connectivity index (χ4v) is 1.94. The van der Waals surface area contributed by atoms with Gasteiger partial charge in [-0.15, -0.1) is 0 Å². The van der Waals surface area contributed by atoms with Crippen LogP contribution in [0.4, 0.5) is 0 Å². The first-order valence-corrected chi connectivity index (χ1v) is 5.55. The molecule has 3 nitrogen and oxygen atoms in total. The molecule has 84 valence electrons. The van der Waals surface area contributed by atoms with E-state index in [4.69, 9.17) is 4.74 Å². The third-order valence-corrected chi connectivity index (χ3v) is 2.92. The Morgan fingerprint density at radius 3 is 2.81 bits per heavy atom. The van der Waals surface area contributed by atoms with Gasteiger partial charge in [-0.25, -0.2) is 4.79 Å². The van der Waals surface area contributed by atoms with Gasteiger partial charge >= 0.3 is 0 Å². The van der Waals surface area contributed by atoms with Gasteiger partial charge < -0.3 is 4.74 Å². The van der Waals surface area contributed by atoms with E-state index in [1.807, 2.05) is 26.0 Å². The summed E-state index contributed by atoms with van der Waals surface area (Å²) < 4.78 is 5.57. The summed E-state index contributed by atoms with van der Waals surface area (Å²) in [5.74, 6) is 0.838. The first-order valence-electron chi connectivity index (χ1n) is 5.55. The molecule has 0 bridgehead atoms. The summed E-state index contributed by atoms with van der Waals surface area (Å²) in [5.41, 5.74) is 1.83. The molecule has 2 rings (SSSR count). The third kappa shape index (κ3) is 1.86. The zero-order chi connectivity index (χ0) is 11.6. The fraction of sp³-hybridized carbons (Fsp3) is 0.462. The van der Waals surface area contributed by atoms with Gasteiger partial charge in [0, 0.05) is 5.56 Å². The SMILES string of the molecule is CCOc1ccc(C)cc1C1(N=C=O)CC1. The number of nitrogens with zero attached hydrogens (tertiary/aromatic N) is 1. The average Bonchev–Trinajstić information content (AvgIpc) is 3.03. The number of isocyanates is 1. The summed E-state index contributed by atoms with van der Waals surface area (Å²) in [6.07, 6.45) is 3.49. The van der Waals surface area contributed by atoms with Crippen LogP contribution in [0.15, 0.2) is 23.2 Å². The average molecular weight is 217 g/mol. The minimum absolute atomic E-state index is 0.349. The van der Waals surface area contributed by atoms with Gasteiger partial charge in [-0.05, 0) is 38.8 Å². The number of benzene rings is 1. The van der Waals surface area contributed by atoms with Crippen LogP contribution in [0.2, 0.25) is 0 Å². The van der Waals surface area contributed by atoms with Crippen molar-refractivity contribution in [1.29, 1.82) is 0 Å². The molecule has 1 aliphatic rings. The highest BCUT2D eigenvalue weighted by molar-refractivity contribution is 5.48. The molecule has 1 fully saturated rings. The van der Waals surface area contributed by atoms with Gasteiger partial charge in [0.2, 0.25) is 6.08 Å². The molecule has 0 amide bonds. The van der Waals surface area contributed by atoms with Crippen molar-refractivity contribution in [2.75, 3.05) is 6.61 Å². The lowest BCUT2D eigenvalue weighted by molar-refractivity contribution is 0.333. The Hall–Kier alpha value is -1.60. The standard InChI is InChI=1S/C13H15NO2/c1-3-16-12-5-4-10(2)8-11(12)13(6-7-13)14-9-15/h4-5,8H,3,6-7H2,1-2H3. The Kier molecular flexibility index (Phi) is 2.80. The summed E-state index contributed by atoms with van der Waals surface area (Å²) in [6, 6.07) is 6.02. The molecule has 3 heteroatoms. The maximum atomic E-state index is 10.5. The van der Waals surface area contributed by atoms with Crippen molar-refractivity contribution in [3.63, 3.8) is 0 Å². The molecular formula is C13H15NO2. The molecule has 0 radical (unpaired) electrons. The number of aryl methyl sites for hydroxylation is 1. The third-order valence-electron chi connectivity index (χ3n) is 2.92. The maximum Gasteiger partial charge on any atom is 0.235 e. The number of hydrogen-bond donors (Lipinski definition) is 0. The number of carbonyl (C=O) groups excluding carboxylic acids is 1. The van der Waals surface area contributed by atoms with Crippen molar-refractivity contribution in [2.24, 2.45) is 4.99 Å². The Balaban J connectivity index is 2.45. The first kappa shape index (κ1) is 10.9. The molecule has 0 atom stereocenters. The largest absolute Gasteiger partial charge is 0.494 e. The van der Waals surface area contributed by atoms with E-state index in [2.05, 4.69) is 11.1 Å². The van der Waals surface area contributed by atoms with Crippen LogP contribution in [0, 0.1) is 6.92 Å². The molecule has 16 heavy (non-hydrogen) atoms. The molecule has 0 aliphatic heterocycles. The predicted octanol–water partition coefficient (Wildman–Crippen LogP) is 2.72. The topological polar surface area (TPSA) is 38.7 Å². The van der Waals surface area contributed by atoms with E-state index in [0.29, 0.717) is 6.61 Å². The predicted molar refractivity (Wildman–Crippen MR) is 61.4 cm³/mol. The van der Waals surface area contributed by atoms with Crippen LogP contribution < -0.4 is 4.74 Å². The molecule has 0 spiro atoms. The second-order valence-electron chi connectivity index (χ2n) is 4.17. The van der Waals surface area contributed by atoms with Crippen molar-refractivity contribution in [3.05, 3.63) is 29.3 Å². The molecule has 0 heterocycles. The molecule has 1 saturated carbocycles. The van der Waals surface area contributed by atoms with Crippen LogP contribution >= 0.6 is 0 Å². The van der Waals surface area contributed by atoms with Crippen LogP contribution in [-0.4, -0.2) is 12.7 Å². The second kappa shape index (κ2) is 4.11. The number of ether oxygens (including phenoxy) is 1. The van der Waals surface area contributed by atoms with Crippen LogP contribution in [0.3, 0.4) is 0 Å². The van der Waals surface area contributed by atoms with E-state index in [1.54, 1.807) is 6.08 Å². The van der Waals surface area contributed by atoms with Crippen molar-refractivity contribution >= 4 is 6.08 Å². The summed E-state index contributed by atoms with van der Waals surface area (Å²) >= 11 is 0. The van der Waals surface area contributed by atoms with Gasteiger partial charge in [0.15, 0.2) is 0 Å². The fourth-order valence-electron chi connectivity index (χ4n) is 1.94. The van der Waals surface area contributed by atoms with Crippen LogP contribution in [0.25, 0.3) is 0 Å². The molecule has 0 N–H and O–H groups in total. The molecule has 1 aromatic rings. The smallest absolute Gasteiger partial charge is 0.235 e. The highest BCUT2D eigenvalue weighted by Crippen LogP contribution is 2.52. The summed E-state index contributed by atoms with van der Waals surface area (Å²) in [6.45, 7) is 4.60. The van der Waals surface area contributed by atoms with Gasteiger partial charge in [0.1, 0.15) is 11.3 Å². The second-order valence-corrected chi connectivity index (χ2v) is 4.17. The molecule has 0 unspecified atom stereocenters. The minimum atomic E-state index is -0.349. The molecule has 1 aliphatic carbocycles. The van der Waals surface area contributed by atoms with E-state index < -0.39 is 0 Å². The number of aliphatic imine (C=N–C) groups is 1. The van der Waals surface area contributed by atoms with Crippen LogP contribution in [0.1, 0.15) is 30.9 Å². The zero-order valence-corrected chi connectivity index (χ0v) is 9.62. The quantitative estimate of drug-likeness (QED) is 0.574. The zero-order valence-electron chi connectivity index (χ0n) is 9.62. The van der Waals surface area contributed by atoms with E-state index in [9.17, 15) is 4.79 Å². The Morgan fingerprint density at radius 2 is 2.25 bits per heavy atom. The van der Waals surface area contributed by atoms with Crippen LogP contribution in [0.5, 0.6) is 5.75 Å². The van der Waals surface area contributed by atoms with Gasteiger partial charge in [-0.2, -0.15) is 4.99 Å². The normalized spacial score (nSPS) is 16.4. The number of hydrogen-bond acceptors (Lipinski definition) is 3. The van der Waals surface area contributed by atoms with E-state index in [0.717, 1.165) is 29.7 Å². The lowest BCUT2D eigenvalue weighted by atomic mass is 10.0. The van der Waals surface area contributed by atoms with E-state index in [1.165, 1.54) is 0 Å². The first-order chi connectivity index (χ1) is 7.72. The van der Waals surface area contributed by atoms with Crippen molar-refractivity contribution in [2.45, 2.75) is 32.2 Å². The van der Waals surface area contributed by atoms with Gasteiger partial charge in [0.25, 0.3) is 0 Å². The maximum absolute atomic E-state index is 10.5. The van der Waals surface area contributed by atoms with Gasteiger partial charge in [-0.1, -0.05) is 11.6 Å². The minimum Gasteiger partial charge on any atom is -0.494 e. The molecule has 1 aromatic carbocycles. The van der Waals surface area contributed by atoms with Crippen molar-refractivity contribution in [1.82, 2.24) is 0 Å². The van der Waals surface area contributed by atoms with E-state index in [-0.39, 0.29) is 5.54 Å². The van der Waals surface area contributed by atoms with Crippen molar-refractivity contribution in [3.8, 4) is 5.75 Å². The Morgan fingerprint density at radius 1 is 1.50 bits per heavy atom. The summed E-state index contributed by atoms with van der Waals surface area (Å²) in [4.78, 5) is 14.4. The van der Waals surface area contributed by atoms with Gasteiger partial charge in [0.05, 0.1) is 6.61 Å². The van der Waals surface area contributed by atoms with E-state index >= 15 is 0 Å². The summed E-state index contributed by atoms with van der Waals surface area (Å²) in [7, 11) is 0. The molecular weight excluding hydrogens is 202 g/mol. The lowest BCUT2D eigenvalue weighted by Gasteiger charge is -2.15. The monoisotopic (exact) mass is 217 g/mol. The van der Waals surface area contributed by atoms with Crippen LogP contribution in [-0.2, 0) is 10.3 Å². The van der Waals surface area contributed by atoms with Crippen molar-refractivity contribution < 1.29 is 9.53 Å². The van der Waals surface area contributed by atoms with Gasteiger partial charge in [-0.3, -0.25) is 0 Å².